The van der Waals surface area contributed by atoms with E-state index in [0.717, 1.165) is 0 Å². The van der Waals surface area contributed by atoms with Crippen LogP contribution in [0.5, 0.6) is 0 Å². The summed E-state index contributed by atoms with van der Waals surface area (Å²) >= 11 is 5.80. The number of nitrogens with one attached hydrogen (secondary N) is 1. The van der Waals surface area contributed by atoms with Crippen LogP contribution in [0.15, 0.2) is 18.2 Å². The molecule has 1 aromatic rings. The van der Waals surface area contributed by atoms with Gasteiger partial charge in [0.15, 0.2) is 0 Å². The molecular weight excluding hydrogens is 268 g/mol. The van der Waals surface area contributed by atoms with Crippen LogP contribution in [-0.4, -0.2) is 23.0 Å². The molecule has 0 aliphatic rings. The number of carboxylic acid groups (broad SMARTS) is 1. The van der Waals surface area contributed by atoms with Gasteiger partial charge in [-0.2, -0.15) is 0 Å². The number of nitrogens with two attached hydrogens (primary N) is 1. The van der Waals surface area contributed by atoms with Gasteiger partial charge in [0.25, 0.3) is 0 Å². The van der Waals surface area contributed by atoms with Gasteiger partial charge in [-0.25, -0.2) is 4.79 Å². The number of benzene rings is 1. The first-order valence-corrected chi connectivity index (χ1v) is 6.09. The number of hydrogen-bond donors (Lipinski definition) is 3. The predicted molar refractivity (Wildman–Crippen MR) is 74.5 cm³/mol. The van der Waals surface area contributed by atoms with Crippen LogP contribution in [0.25, 0.3) is 0 Å². The van der Waals surface area contributed by atoms with Crippen molar-refractivity contribution < 1.29 is 14.7 Å². The van der Waals surface area contributed by atoms with Crippen LogP contribution in [0.1, 0.15) is 31.1 Å². The first kappa shape index (κ1) is 15.5. The van der Waals surface area contributed by atoms with E-state index in [9.17, 15) is 9.59 Å². The van der Waals surface area contributed by atoms with Crippen molar-refractivity contribution in [2.24, 2.45) is 11.1 Å². The van der Waals surface area contributed by atoms with E-state index in [4.69, 9.17) is 22.4 Å². The van der Waals surface area contributed by atoms with Gasteiger partial charge in [-0.05, 0) is 23.6 Å². The summed E-state index contributed by atoms with van der Waals surface area (Å²) in [7, 11) is 0. The Morgan fingerprint density at radius 2 is 1.89 bits per heavy atom. The Hall–Kier alpha value is -1.59. The molecule has 0 saturated carbocycles. The minimum Gasteiger partial charge on any atom is -0.478 e. The number of halogens is 1. The van der Waals surface area contributed by atoms with E-state index < -0.39 is 17.4 Å². The number of rotatable bonds is 3. The van der Waals surface area contributed by atoms with E-state index in [1.807, 2.05) is 20.8 Å². The van der Waals surface area contributed by atoms with Gasteiger partial charge >= 0.3 is 5.97 Å². The van der Waals surface area contributed by atoms with Gasteiger partial charge in [-0.15, -0.1) is 0 Å². The highest BCUT2D eigenvalue weighted by atomic mass is 35.5. The zero-order chi connectivity index (χ0) is 14.8. The molecule has 19 heavy (non-hydrogen) atoms. The van der Waals surface area contributed by atoms with E-state index in [1.54, 1.807) is 0 Å². The third-order valence-corrected chi connectivity index (χ3v) is 2.85. The van der Waals surface area contributed by atoms with E-state index in [1.165, 1.54) is 18.2 Å². The zero-order valence-corrected chi connectivity index (χ0v) is 11.8. The molecule has 0 aromatic heterocycles. The summed E-state index contributed by atoms with van der Waals surface area (Å²) in [6.45, 7) is 5.54. The Morgan fingerprint density at radius 3 is 2.37 bits per heavy atom. The Kier molecular flexibility index (Phi) is 4.55. The SMILES string of the molecule is CC(C)(C)[C@H](N)C(=O)Nc1cc(Cl)cc(C(=O)O)c1. The number of aromatic carboxylic acids is 1. The summed E-state index contributed by atoms with van der Waals surface area (Å²) in [4.78, 5) is 22.8. The number of amides is 1. The summed E-state index contributed by atoms with van der Waals surface area (Å²) in [5, 5.41) is 11.7. The normalized spacial score (nSPS) is 12.9. The van der Waals surface area contributed by atoms with Crippen molar-refractivity contribution in [2.75, 3.05) is 5.32 Å². The van der Waals surface area contributed by atoms with E-state index in [2.05, 4.69) is 5.32 Å². The quantitative estimate of drug-likeness (QED) is 0.794. The van der Waals surface area contributed by atoms with Crippen molar-refractivity contribution in [3.8, 4) is 0 Å². The van der Waals surface area contributed by atoms with Gasteiger partial charge in [0.1, 0.15) is 0 Å². The van der Waals surface area contributed by atoms with Crippen molar-refractivity contribution in [1.82, 2.24) is 0 Å². The average molecular weight is 285 g/mol. The maximum Gasteiger partial charge on any atom is 0.335 e. The third kappa shape index (κ3) is 4.22. The molecule has 0 heterocycles. The van der Waals surface area contributed by atoms with Crippen LogP contribution < -0.4 is 11.1 Å². The second kappa shape index (κ2) is 5.59. The predicted octanol–water partition coefficient (Wildman–Crippen LogP) is 2.35. The monoisotopic (exact) mass is 284 g/mol. The number of anilines is 1. The van der Waals surface area contributed by atoms with Gasteiger partial charge in [0.05, 0.1) is 11.6 Å². The first-order valence-electron chi connectivity index (χ1n) is 5.71. The molecule has 0 radical (unpaired) electrons. The zero-order valence-electron chi connectivity index (χ0n) is 11.0. The Bertz CT molecular complexity index is 509. The van der Waals surface area contributed by atoms with Crippen molar-refractivity contribution in [3.63, 3.8) is 0 Å². The molecule has 5 nitrogen and oxygen atoms in total. The Balaban J connectivity index is 2.94. The highest BCUT2D eigenvalue weighted by molar-refractivity contribution is 6.31. The minimum absolute atomic E-state index is 0.00660. The van der Waals surface area contributed by atoms with Gasteiger partial charge in [0, 0.05) is 10.7 Å². The second-order valence-corrected chi connectivity index (χ2v) is 5.80. The lowest BCUT2D eigenvalue weighted by Gasteiger charge is -2.25. The molecule has 0 fully saturated rings. The van der Waals surface area contributed by atoms with Crippen LogP contribution in [0.3, 0.4) is 0 Å². The lowest BCUT2D eigenvalue weighted by atomic mass is 9.87. The number of hydrogen-bond acceptors (Lipinski definition) is 3. The maximum absolute atomic E-state index is 11.9. The molecule has 0 aliphatic carbocycles. The fourth-order valence-electron chi connectivity index (χ4n) is 1.40. The van der Waals surface area contributed by atoms with Crippen molar-refractivity contribution >= 4 is 29.2 Å². The smallest absolute Gasteiger partial charge is 0.335 e. The van der Waals surface area contributed by atoms with Gasteiger partial charge in [0.2, 0.25) is 5.91 Å². The molecule has 0 aliphatic heterocycles. The standard InChI is InChI=1S/C13H17ClN2O3/c1-13(2,3)10(15)11(17)16-9-5-7(12(18)19)4-8(14)6-9/h4-6,10H,15H2,1-3H3,(H,16,17)(H,18,19)/t10-/m1/s1. The van der Waals surface area contributed by atoms with E-state index in [-0.39, 0.29) is 16.5 Å². The molecule has 1 aromatic carbocycles. The lowest BCUT2D eigenvalue weighted by molar-refractivity contribution is -0.119. The summed E-state index contributed by atoms with van der Waals surface area (Å²) < 4.78 is 0. The average Bonchev–Trinajstić information content (AvgIpc) is 2.25. The molecule has 0 bridgehead atoms. The highest BCUT2D eigenvalue weighted by Gasteiger charge is 2.27. The Labute approximate surface area is 116 Å². The Morgan fingerprint density at radius 1 is 1.32 bits per heavy atom. The van der Waals surface area contributed by atoms with Crippen molar-refractivity contribution in [1.29, 1.82) is 0 Å². The molecule has 1 atom stereocenters. The fourth-order valence-corrected chi connectivity index (χ4v) is 1.63. The van der Waals surface area contributed by atoms with Crippen LogP contribution >= 0.6 is 11.6 Å². The lowest BCUT2D eigenvalue weighted by Crippen LogP contribution is -2.45. The topological polar surface area (TPSA) is 92.4 Å². The van der Waals surface area contributed by atoms with Crippen LogP contribution in [0, 0.1) is 5.41 Å². The summed E-state index contributed by atoms with van der Waals surface area (Å²) in [5.41, 5.74) is 5.75. The molecule has 1 rings (SSSR count). The summed E-state index contributed by atoms with van der Waals surface area (Å²) in [6.07, 6.45) is 0. The van der Waals surface area contributed by atoms with E-state index >= 15 is 0 Å². The van der Waals surface area contributed by atoms with Crippen LogP contribution in [0.2, 0.25) is 5.02 Å². The molecule has 0 unspecified atom stereocenters. The molecule has 6 heteroatoms. The number of carboxylic acids is 1. The van der Waals surface area contributed by atoms with Crippen LogP contribution in [0.4, 0.5) is 5.69 Å². The summed E-state index contributed by atoms with van der Waals surface area (Å²) in [6, 6.07) is 3.41. The molecule has 4 N–H and O–H groups in total. The van der Waals surface area contributed by atoms with Crippen molar-refractivity contribution in [2.45, 2.75) is 26.8 Å². The van der Waals surface area contributed by atoms with E-state index in [0.29, 0.717) is 5.69 Å². The third-order valence-electron chi connectivity index (χ3n) is 2.63. The second-order valence-electron chi connectivity index (χ2n) is 5.37. The molecule has 0 saturated heterocycles. The summed E-state index contributed by atoms with van der Waals surface area (Å²) in [5.74, 6) is -1.50. The van der Waals surface area contributed by atoms with Crippen LogP contribution in [-0.2, 0) is 4.79 Å². The van der Waals surface area contributed by atoms with Gasteiger partial charge < -0.3 is 16.2 Å². The van der Waals surface area contributed by atoms with Crippen molar-refractivity contribution in [3.05, 3.63) is 28.8 Å². The largest absolute Gasteiger partial charge is 0.478 e. The molecule has 104 valence electrons. The van der Waals surface area contributed by atoms with Gasteiger partial charge in [-0.3, -0.25) is 4.79 Å². The fraction of sp³-hybridized carbons (Fsp3) is 0.385. The van der Waals surface area contributed by atoms with Gasteiger partial charge in [-0.1, -0.05) is 32.4 Å². The molecule has 0 spiro atoms. The molecular formula is C13H17ClN2O3. The highest BCUT2D eigenvalue weighted by Crippen LogP contribution is 2.22. The molecule has 1 amide bonds. The number of carbonyl (C=O) groups excluding carboxylic acids is 1. The number of carbonyl (C=O) groups is 2. The maximum atomic E-state index is 11.9. The first-order chi connectivity index (χ1) is 8.61. The minimum atomic E-state index is -1.11.